The first-order chi connectivity index (χ1) is 12.0. The minimum Gasteiger partial charge on any atom is -0.495 e. The number of benzene rings is 2. The average molecular weight is 368 g/mol. The van der Waals surface area contributed by atoms with Crippen molar-refractivity contribution in [1.82, 2.24) is 0 Å². The number of amides is 1. The first-order valence-corrected chi connectivity index (χ1v) is 8.00. The van der Waals surface area contributed by atoms with E-state index in [1.165, 1.54) is 38.5 Å². The molecule has 2 rings (SSSR count). The molecule has 134 valence electrons. The maximum Gasteiger partial charge on any atom is 0.265 e. The molecule has 0 aliphatic carbocycles. The zero-order valence-corrected chi connectivity index (χ0v) is 14.9. The van der Waals surface area contributed by atoms with Crippen LogP contribution < -0.4 is 19.5 Å². The Bertz CT molecular complexity index is 737. The molecular weight excluding hydrogens is 349 g/mol. The molecule has 0 heterocycles. The first kappa shape index (κ1) is 18.9. The van der Waals surface area contributed by atoms with Crippen molar-refractivity contribution in [1.29, 1.82) is 0 Å². The van der Waals surface area contributed by atoms with Crippen molar-refractivity contribution in [2.24, 2.45) is 0 Å². The number of methoxy groups -OCH3 is 2. The standard InChI is InChI=1S/C18H19ClFNO4/c1-4-15(25-12-7-5-11(20)6-8-12)18(22)21-14-10-16(23-2)13(19)9-17(14)24-3/h5-10,15H,4H2,1-3H3,(H,21,22). The summed E-state index contributed by atoms with van der Waals surface area (Å²) in [6.45, 7) is 1.81. The second kappa shape index (κ2) is 8.58. The SMILES string of the molecule is CCC(Oc1ccc(F)cc1)C(=O)Nc1cc(OC)c(Cl)cc1OC. The molecule has 0 fully saturated rings. The number of rotatable bonds is 7. The van der Waals surface area contributed by atoms with Crippen molar-refractivity contribution in [3.05, 3.63) is 47.2 Å². The highest BCUT2D eigenvalue weighted by Gasteiger charge is 2.21. The van der Waals surface area contributed by atoms with Gasteiger partial charge in [-0.25, -0.2) is 4.39 Å². The van der Waals surface area contributed by atoms with E-state index in [0.717, 1.165) is 0 Å². The van der Waals surface area contributed by atoms with Crippen LogP contribution in [0.4, 0.5) is 10.1 Å². The summed E-state index contributed by atoms with van der Waals surface area (Å²) in [4.78, 5) is 12.5. The number of nitrogens with one attached hydrogen (secondary N) is 1. The molecular formula is C18H19ClFNO4. The highest BCUT2D eigenvalue weighted by Crippen LogP contribution is 2.36. The molecule has 5 nitrogen and oxygen atoms in total. The molecule has 0 saturated heterocycles. The van der Waals surface area contributed by atoms with Gasteiger partial charge >= 0.3 is 0 Å². The predicted molar refractivity (Wildman–Crippen MR) is 94.3 cm³/mol. The minimum absolute atomic E-state index is 0.366. The third kappa shape index (κ3) is 4.76. The Hall–Kier alpha value is -2.47. The van der Waals surface area contributed by atoms with Crippen molar-refractivity contribution in [3.8, 4) is 17.2 Å². The largest absolute Gasteiger partial charge is 0.495 e. The summed E-state index contributed by atoms with van der Waals surface area (Å²) in [5, 5.41) is 3.11. The molecule has 2 aromatic carbocycles. The summed E-state index contributed by atoms with van der Waals surface area (Å²) < 4.78 is 29.0. The molecule has 1 N–H and O–H groups in total. The van der Waals surface area contributed by atoms with Gasteiger partial charge in [0.05, 0.1) is 24.9 Å². The molecule has 1 atom stereocenters. The topological polar surface area (TPSA) is 56.8 Å². The second-order valence-corrected chi connectivity index (χ2v) is 5.55. The summed E-state index contributed by atoms with van der Waals surface area (Å²) in [5.74, 6) is 0.474. The van der Waals surface area contributed by atoms with Gasteiger partial charge in [0.2, 0.25) is 0 Å². The lowest BCUT2D eigenvalue weighted by Crippen LogP contribution is -2.32. The molecule has 0 spiro atoms. The Morgan fingerprint density at radius 1 is 1.16 bits per heavy atom. The van der Waals surface area contributed by atoms with E-state index in [1.807, 2.05) is 6.92 Å². The monoisotopic (exact) mass is 367 g/mol. The fraction of sp³-hybridized carbons (Fsp3) is 0.278. The third-order valence-electron chi connectivity index (χ3n) is 3.49. The van der Waals surface area contributed by atoms with Crippen LogP contribution in [0.1, 0.15) is 13.3 Å². The third-order valence-corrected chi connectivity index (χ3v) is 3.78. The van der Waals surface area contributed by atoms with Crippen LogP contribution in [0, 0.1) is 5.82 Å². The first-order valence-electron chi connectivity index (χ1n) is 7.63. The molecule has 0 radical (unpaired) electrons. The van der Waals surface area contributed by atoms with E-state index in [2.05, 4.69) is 5.32 Å². The van der Waals surface area contributed by atoms with Crippen LogP contribution in [-0.2, 0) is 4.79 Å². The Kier molecular flexibility index (Phi) is 6.47. The maximum atomic E-state index is 13.0. The van der Waals surface area contributed by atoms with Gasteiger partial charge in [0.1, 0.15) is 23.1 Å². The quantitative estimate of drug-likeness (QED) is 0.793. The zero-order chi connectivity index (χ0) is 18.4. The summed E-state index contributed by atoms with van der Waals surface area (Å²) in [6.07, 6.45) is -0.326. The molecule has 25 heavy (non-hydrogen) atoms. The van der Waals surface area contributed by atoms with E-state index in [-0.39, 0.29) is 11.7 Å². The number of halogens is 2. The van der Waals surface area contributed by atoms with Gasteiger partial charge in [-0.15, -0.1) is 0 Å². The van der Waals surface area contributed by atoms with Gasteiger partial charge in [-0.05, 0) is 30.7 Å². The summed E-state index contributed by atoms with van der Waals surface area (Å²) in [6, 6.07) is 8.61. The predicted octanol–water partition coefficient (Wildman–Crippen LogP) is 4.29. The van der Waals surface area contributed by atoms with E-state index in [1.54, 1.807) is 12.1 Å². The van der Waals surface area contributed by atoms with Gasteiger partial charge in [-0.2, -0.15) is 0 Å². The number of hydrogen-bond donors (Lipinski definition) is 1. The number of hydrogen-bond acceptors (Lipinski definition) is 4. The zero-order valence-electron chi connectivity index (χ0n) is 14.1. The number of carbonyl (C=O) groups excluding carboxylic acids is 1. The van der Waals surface area contributed by atoms with E-state index < -0.39 is 6.10 Å². The molecule has 2 aromatic rings. The van der Waals surface area contributed by atoms with Crippen molar-refractivity contribution in [3.63, 3.8) is 0 Å². The van der Waals surface area contributed by atoms with Crippen molar-refractivity contribution < 1.29 is 23.4 Å². The smallest absolute Gasteiger partial charge is 0.265 e. The number of carbonyl (C=O) groups is 1. The maximum absolute atomic E-state index is 13.0. The Labute approximate surface area is 150 Å². The Morgan fingerprint density at radius 3 is 2.36 bits per heavy atom. The van der Waals surface area contributed by atoms with Crippen LogP contribution in [0.5, 0.6) is 17.2 Å². The molecule has 7 heteroatoms. The van der Waals surface area contributed by atoms with E-state index >= 15 is 0 Å². The molecule has 0 saturated carbocycles. The van der Waals surface area contributed by atoms with Gasteiger partial charge in [0.25, 0.3) is 5.91 Å². The molecule has 0 bridgehead atoms. The second-order valence-electron chi connectivity index (χ2n) is 5.14. The van der Waals surface area contributed by atoms with Crippen LogP contribution in [0.3, 0.4) is 0 Å². The fourth-order valence-electron chi connectivity index (χ4n) is 2.17. The van der Waals surface area contributed by atoms with Gasteiger partial charge in [0, 0.05) is 12.1 Å². The Balaban J connectivity index is 2.17. The Morgan fingerprint density at radius 2 is 1.80 bits per heavy atom. The molecule has 1 amide bonds. The van der Waals surface area contributed by atoms with Crippen molar-refractivity contribution in [2.45, 2.75) is 19.4 Å². The van der Waals surface area contributed by atoms with Gasteiger partial charge < -0.3 is 19.5 Å². The fourth-order valence-corrected chi connectivity index (χ4v) is 2.40. The highest BCUT2D eigenvalue weighted by atomic mass is 35.5. The molecule has 0 aliphatic heterocycles. The van der Waals surface area contributed by atoms with Crippen LogP contribution in [-0.4, -0.2) is 26.2 Å². The normalized spacial score (nSPS) is 11.6. The van der Waals surface area contributed by atoms with Crippen LogP contribution >= 0.6 is 11.6 Å². The van der Waals surface area contributed by atoms with Crippen molar-refractivity contribution in [2.75, 3.05) is 19.5 Å². The molecule has 1 unspecified atom stereocenters. The van der Waals surface area contributed by atoms with Crippen LogP contribution in [0.2, 0.25) is 5.02 Å². The van der Waals surface area contributed by atoms with Gasteiger partial charge in [-0.3, -0.25) is 4.79 Å². The number of ether oxygens (including phenoxy) is 3. The van der Waals surface area contributed by atoms with Crippen LogP contribution in [0.25, 0.3) is 0 Å². The van der Waals surface area contributed by atoms with Crippen molar-refractivity contribution >= 4 is 23.2 Å². The highest BCUT2D eigenvalue weighted by molar-refractivity contribution is 6.32. The van der Waals surface area contributed by atoms with E-state index in [4.69, 9.17) is 25.8 Å². The minimum atomic E-state index is -0.753. The summed E-state index contributed by atoms with van der Waals surface area (Å²) >= 11 is 6.05. The summed E-state index contributed by atoms with van der Waals surface area (Å²) in [5.41, 5.74) is 0.412. The van der Waals surface area contributed by atoms with Gasteiger partial charge in [-0.1, -0.05) is 18.5 Å². The summed E-state index contributed by atoms with van der Waals surface area (Å²) in [7, 11) is 2.95. The molecule has 0 aromatic heterocycles. The van der Waals surface area contributed by atoms with E-state index in [0.29, 0.717) is 34.4 Å². The lowest BCUT2D eigenvalue weighted by atomic mass is 10.2. The average Bonchev–Trinajstić information content (AvgIpc) is 2.62. The number of anilines is 1. The van der Waals surface area contributed by atoms with E-state index in [9.17, 15) is 9.18 Å². The molecule has 0 aliphatic rings. The lowest BCUT2D eigenvalue weighted by molar-refractivity contribution is -0.122. The lowest BCUT2D eigenvalue weighted by Gasteiger charge is -2.19. The van der Waals surface area contributed by atoms with Crippen LogP contribution in [0.15, 0.2) is 36.4 Å². The van der Waals surface area contributed by atoms with Gasteiger partial charge in [0.15, 0.2) is 6.10 Å².